The zero-order chi connectivity index (χ0) is 13.0. The summed E-state index contributed by atoms with van der Waals surface area (Å²) in [5.74, 6) is 0.0565. The van der Waals surface area contributed by atoms with Crippen LogP contribution >= 0.6 is 23.2 Å². The average molecular weight is 287 g/mol. The maximum Gasteiger partial charge on any atom is 0.165 e. The molecular formula is C13H16Cl2N2O. The Balaban J connectivity index is 1.92. The Labute approximate surface area is 117 Å². The predicted molar refractivity (Wildman–Crippen MR) is 74.7 cm³/mol. The van der Waals surface area contributed by atoms with Crippen LogP contribution in [0.15, 0.2) is 18.2 Å². The monoisotopic (exact) mass is 286 g/mol. The molecule has 1 saturated heterocycles. The largest absolute Gasteiger partial charge is 0.314 e. The predicted octanol–water partition coefficient (Wildman–Crippen LogP) is 2.47. The second-order valence-corrected chi connectivity index (χ2v) is 5.23. The third kappa shape index (κ3) is 3.69. The van der Waals surface area contributed by atoms with Crippen molar-refractivity contribution >= 4 is 29.0 Å². The third-order valence-electron chi connectivity index (χ3n) is 3.09. The molecule has 18 heavy (non-hydrogen) atoms. The van der Waals surface area contributed by atoms with Gasteiger partial charge in [0.2, 0.25) is 0 Å². The molecule has 0 saturated carbocycles. The molecule has 2 rings (SSSR count). The van der Waals surface area contributed by atoms with E-state index >= 15 is 0 Å². The molecule has 1 aromatic rings. The van der Waals surface area contributed by atoms with Gasteiger partial charge in [0.15, 0.2) is 5.78 Å². The van der Waals surface area contributed by atoms with Crippen molar-refractivity contribution in [3.8, 4) is 0 Å². The molecule has 1 fully saturated rings. The number of ketones is 1. The molecule has 0 aliphatic carbocycles. The van der Waals surface area contributed by atoms with Crippen LogP contribution in [-0.4, -0.2) is 43.4 Å². The Hall–Kier alpha value is -0.610. The van der Waals surface area contributed by atoms with Crippen molar-refractivity contribution in [1.29, 1.82) is 0 Å². The highest BCUT2D eigenvalue weighted by Gasteiger charge is 2.14. The maximum absolute atomic E-state index is 12.1. The highest BCUT2D eigenvalue weighted by atomic mass is 35.5. The van der Waals surface area contributed by atoms with Crippen LogP contribution in [0.25, 0.3) is 0 Å². The zero-order valence-electron chi connectivity index (χ0n) is 10.1. The van der Waals surface area contributed by atoms with Gasteiger partial charge in [-0.15, -0.1) is 0 Å². The van der Waals surface area contributed by atoms with Crippen molar-refractivity contribution in [3.05, 3.63) is 33.8 Å². The fraction of sp³-hybridized carbons (Fsp3) is 0.462. The number of hydrogen-bond acceptors (Lipinski definition) is 3. The molecule has 1 aromatic carbocycles. The van der Waals surface area contributed by atoms with Gasteiger partial charge in [-0.2, -0.15) is 0 Å². The normalized spacial score (nSPS) is 16.8. The van der Waals surface area contributed by atoms with E-state index in [0.29, 0.717) is 22.0 Å². The van der Waals surface area contributed by atoms with E-state index in [4.69, 9.17) is 23.2 Å². The van der Waals surface area contributed by atoms with E-state index < -0.39 is 0 Å². The summed E-state index contributed by atoms with van der Waals surface area (Å²) in [6, 6.07) is 5.00. The lowest BCUT2D eigenvalue weighted by Crippen LogP contribution is -2.44. The Morgan fingerprint density at radius 1 is 1.28 bits per heavy atom. The second-order valence-electron chi connectivity index (χ2n) is 4.39. The first-order valence-corrected chi connectivity index (χ1v) is 6.84. The molecule has 0 bridgehead atoms. The summed E-state index contributed by atoms with van der Waals surface area (Å²) in [7, 11) is 0. The van der Waals surface area contributed by atoms with E-state index in [9.17, 15) is 4.79 Å². The first kappa shape index (κ1) is 13.8. The summed E-state index contributed by atoms with van der Waals surface area (Å²) in [4.78, 5) is 14.4. The number of rotatable bonds is 4. The molecule has 0 amide bonds. The summed E-state index contributed by atoms with van der Waals surface area (Å²) in [5, 5.41) is 4.31. The Kier molecular flexibility index (Phi) is 5.01. The van der Waals surface area contributed by atoms with Crippen molar-refractivity contribution in [1.82, 2.24) is 10.2 Å². The molecule has 5 heteroatoms. The van der Waals surface area contributed by atoms with Gasteiger partial charge in [-0.25, -0.2) is 0 Å². The molecule has 0 radical (unpaired) electrons. The fourth-order valence-corrected chi connectivity index (χ4v) is 2.44. The van der Waals surface area contributed by atoms with Crippen molar-refractivity contribution in [2.45, 2.75) is 6.42 Å². The number of piperazine rings is 1. The van der Waals surface area contributed by atoms with E-state index in [1.165, 1.54) is 0 Å². The zero-order valence-corrected chi connectivity index (χ0v) is 11.6. The quantitative estimate of drug-likeness (QED) is 0.863. The summed E-state index contributed by atoms with van der Waals surface area (Å²) in [6.45, 7) is 4.76. The van der Waals surface area contributed by atoms with Crippen LogP contribution in [-0.2, 0) is 0 Å². The van der Waals surface area contributed by atoms with Crippen molar-refractivity contribution in [3.63, 3.8) is 0 Å². The molecule has 0 atom stereocenters. The van der Waals surface area contributed by atoms with Gasteiger partial charge in [0.25, 0.3) is 0 Å². The van der Waals surface area contributed by atoms with E-state index in [1.54, 1.807) is 18.2 Å². The number of halogens is 2. The molecule has 1 heterocycles. The first-order valence-electron chi connectivity index (χ1n) is 6.08. The lowest BCUT2D eigenvalue weighted by molar-refractivity contribution is 0.0961. The third-order valence-corrected chi connectivity index (χ3v) is 3.66. The molecule has 0 unspecified atom stereocenters. The molecule has 98 valence electrons. The standard InChI is InChI=1S/C13H16Cl2N2O/c14-10-1-2-12(15)11(9-10)13(18)3-6-17-7-4-16-5-8-17/h1-2,9,16H,3-8H2. The van der Waals surface area contributed by atoms with E-state index in [2.05, 4.69) is 10.2 Å². The van der Waals surface area contributed by atoms with Gasteiger partial charge in [0.1, 0.15) is 0 Å². The van der Waals surface area contributed by atoms with Crippen molar-refractivity contribution in [2.24, 2.45) is 0 Å². The number of hydrogen-bond donors (Lipinski definition) is 1. The fourth-order valence-electron chi connectivity index (χ4n) is 2.04. The Bertz CT molecular complexity index is 431. The molecule has 1 aliphatic heterocycles. The maximum atomic E-state index is 12.1. The van der Waals surface area contributed by atoms with Crippen molar-refractivity contribution in [2.75, 3.05) is 32.7 Å². The minimum absolute atomic E-state index is 0.0565. The van der Waals surface area contributed by atoms with Crippen LogP contribution in [0.1, 0.15) is 16.8 Å². The molecular weight excluding hydrogens is 271 g/mol. The van der Waals surface area contributed by atoms with Gasteiger partial charge in [-0.3, -0.25) is 4.79 Å². The number of Topliss-reactive ketones (excluding diaryl/α,β-unsaturated/α-hetero) is 1. The van der Waals surface area contributed by atoms with Crippen LogP contribution in [0.5, 0.6) is 0 Å². The summed E-state index contributed by atoms with van der Waals surface area (Å²) in [5.41, 5.74) is 0.527. The average Bonchev–Trinajstić information content (AvgIpc) is 2.40. The highest BCUT2D eigenvalue weighted by molar-refractivity contribution is 6.35. The number of nitrogens with zero attached hydrogens (tertiary/aromatic N) is 1. The van der Waals surface area contributed by atoms with Gasteiger partial charge < -0.3 is 10.2 Å². The van der Waals surface area contributed by atoms with Crippen LogP contribution in [0, 0.1) is 0 Å². The topological polar surface area (TPSA) is 32.3 Å². The number of carbonyl (C=O) groups excluding carboxylic acids is 1. The minimum Gasteiger partial charge on any atom is -0.314 e. The van der Waals surface area contributed by atoms with Gasteiger partial charge in [-0.1, -0.05) is 23.2 Å². The number of carbonyl (C=O) groups is 1. The van der Waals surface area contributed by atoms with Crippen molar-refractivity contribution < 1.29 is 4.79 Å². The van der Waals surface area contributed by atoms with Crippen LogP contribution in [0.3, 0.4) is 0 Å². The molecule has 3 nitrogen and oxygen atoms in total. The number of nitrogens with one attached hydrogen (secondary N) is 1. The van der Waals surface area contributed by atoms with Gasteiger partial charge in [-0.05, 0) is 18.2 Å². The lowest BCUT2D eigenvalue weighted by Gasteiger charge is -2.26. The first-order chi connectivity index (χ1) is 8.66. The second kappa shape index (κ2) is 6.53. The van der Waals surface area contributed by atoms with E-state index in [1.807, 2.05) is 0 Å². The number of benzene rings is 1. The van der Waals surface area contributed by atoms with Gasteiger partial charge >= 0.3 is 0 Å². The minimum atomic E-state index is 0.0565. The lowest BCUT2D eigenvalue weighted by atomic mass is 10.1. The van der Waals surface area contributed by atoms with Gasteiger partial charge in [0.05, 0.1) is 5.02 Å². The molecule has 0 aromatic heterocycles. The molecule has 1 N–H and O–H groups in total. The smallest absolute Gasteiger partial charge is 0.165 e. The molecule has 0 spiro atoms. The SMILES string of the molecule is O=C(CCN1CCNCC1)c1cc(Cl)ccc1Cl. The van der Waals surface area contributed by atoms with Crippen LogP contribution in [0.2, 0.25) is 10.0 Å². The van der Waals surface area contributed by atoms with E-state index in [-0.39, 0.29) is 5.78 Å². The molecule has 1 aliphatic rings. The van der Waals surface area contributed by atoms with Gasteiger partial charge in [0, 0.05) is 49.7 Å². The van der Waals surface area contributed by atoms with Crippen LogP contribution < -0.4 is 5.32 Å². The Morgan fingerprint density at radius 2 is 2.00 bits per heavy atom. The summed E-state index contributed by atoms with van der Waals surface area (Å²) < 4.78 is 0. The van der Waals surface area contributed by atoms with Crippen LogP contribution in [0.4, 0.5) is 0 Å². The summed E-state index contributed by atoms with van der Waals surface area (Å²) >= 11 is 11.9. The Morgan fingerprint density at radius 3 is 2.72 bits per heavy atom. The van der Waals surface area contributed by atoms with E-state index in [0.717, 1.165) is 32.7 Å². The highest BCUT2D eigenvalue weighted by Crippen LogP contribution is 2.22. The summed E-state index contributed by atoms with van der Waals surface area (Å²) in [6.07, 6.45) is 0.486.